The molecule has 110 valence electrons. The molecule has 1 aliphatic carbocycles. The molecule has 0 aromatic carbocycles. The number of hydrogen-bond acceptors (Lipinski definition) is 3. The third kappa shape index (κ3) is 5.19. The van der Waals surface area contributed by atoms with E-state index in [2.05, 4.69) is 0 Å². The SMILES string of the molecule is CC(C)CN(CC(N)=O)C(=O)C1CCCCCC1N. The van der Waals surface area contributed by atoms with Crippen molar-refractivity contribution in [3.63, 3.8) is 0 Å². The van der Waals surface area contributed by atoms with Gasteiger partial charge in [0, 0.05) is 12.6 Å². The van der Waals surface area contributed by atoms with E-state index in [1.807, 2.05) is 13.8 Å². The summed E-state index contributed by atoms with van der Waals surface area (Å²) in [5.74, 6) is -0.302. The van der Waals surface area contributed by atoms with Crippen molar-refractivity contribution in [2.24, 2.45) is 23.3 Å². The van der Waals surface area contributed by atoms with Crippen LogP contribution in [-0.2, 0) is 9.59 Å². The van der Waals surface area contributed by atoms with Gasteiger partial charge in [0.2, 0.25) is 11.8 Å². The van der Waals surface area contributed by atoms with Crippen LogP contribution in [0.2, 0.25) is 0 Å². The van der Waals surface area contributed by atoms with Crippen LogP contribution in [0.1, 0.15) is 46.0 Å². The van der Waals surface area contributed by atoms with Crippen LogP contribution >= 0.6 is 0 Å². The Hall–Kier alpha value is -1.10. The molecule has 0 heterocycles. The Bertz CT molecular complexity index is 318. The molecule has 0 aromatic rings. The minimum atomic E-state index is -0.462. The molecule has 0 spiro atoms. The molecule has 0 aliphatic heterocycles. The Morgan fingerprint density at radius 1 is 1.21 bits per heavy atom. The van der Waals surface area contributed by atoms with Crippen molar-refractivity contribution in [1.29, 1.82) is 0 Å². The van der Waals surface area contributed by atoms with Crippen LogP contribution in [0.15, 0.2) is 0 Å². The number of hydrogen-bond donors (Lipinski definition) is 2. The van der Waals surface area contributed by atoms with Gasteiger partial charge in [-0.1, -0.05) is 33.1 Å². The van der Waals surface area contributed by atoms with E-state index >= 15 is 0 Å². The molecule has 2 atom stereocenters. The highest BCUT2D eigenvalue weighted by Crippen LogP contribution is 2.24. The molecule has 0 radical (unpaired) electrons. The van der Waals surface area contributed by atoms with Crippen molar-refractivity contribution in [3.05, 3.63) is 0 Å². The highest BCUT2D eigenvalue weighted by molar-refractivity contribution is 5.85. The van der Waals surface area contributed by atoms with Crippen molar-refractivity contribution < 1.29 is 9.59 Å². The monoisotopic (exact) mass is 269 g/mol. The van der Waals surface area contributed by atoms with Gasteiger partial charge in [0.15, 0.2) is 0 Å². The molecule has 0 aromatic heterocycles. The van der Waals surface area contributed by atoms with Gasteiger partial charge in [-0.2, -0.15) is 0 Å². The van der Waals surface area contributed by atoms with Gasteiger partial charge in [0.25, 0.3) is 0 Å². The van der Waals surface area contributed by atoms with Crippen molar-refractivity contribution in [2.45, 2.75) is 52.0 Å². The zero-order valence-electron chi connectivity index (χ0n) is 12.1. The second-order valence-corrected chi connectivity index (χ2v) is 5.99. The van der Waals surface area contributed by atoms with E-state index in [1.54, 1.807) is 4.90 Å². The van der Waals surface area contributed by atoms with Crippen LogP contribution in [0.5, 0.6) is 0 Å². The molecule has 5 nitrogen and oxygen atoms in total. The van der Waals surface area contributed by atoms with Crippen LogP contribution in [0, 0.1) is 11.8 Å². The largest absolute Gasteiger partial charge is 0.368 e. The van der Waals surface area contributed by atoms with Crippen molar-refractivity contribution in [3.8, 4) is 0 Å². The Kier molecular flexibility index (Phi) is 6.28. The first-order valence-electron chi connectivity index (χ1n) is 7.24. The topological polar surface area (TPSA) is 89.4 Å². The molecule has 2 amide bonds. The lowest BCUT2D eigenvalue weighted by molar-refractivity contribution is -0.140. The summed E-state index contributed by atoms with van der Waals surface area (Å²) in [5, 5.41) is 0. The second kappa shape index (κ2) is 7.48. The molecular formula is C14H27N3O2. The molecule has 0 bridgehead atoms. The van der Waals surface area contributed by atoms with E-state index in [0.29, 0.717) is 12.5 Å². The van der Waals surface area contributed by atoms with Gasteiger partial charge in [0.1, 0.15) is 0 Å². The van der Waals surface area contributed by atoms with Gasteiger partial charge in [-0.3, -0.25) is 9.59 Å². The third-order valence-electron chi connectivity index (χ3n) is 3.63. The number of nitrogens with zero attached hydrogens (tertiary/aromatic N) is 1. The second-order valence-electron chi connectivity index (χ2n) is 5.99. The number of nitrogens with two attached hydrogens (primary N) is 2. The van der Waals surface area contributed by atoms with E-state index in [-0.39, 0.29) is 24.4 Å². The minimum absolute atomic E-state index is 0.000231. The Morgan fingerprint density at radius 3 is 2.42 bits per heavy atom. The average Bonchev–Trinajstić information content (AvgIpc) is 2.51. The van der Waals surface area contributed by atoms with Gasteiger partial charge in [-0.15, -0.1) is 0 Å². The van der Waals surface area contributed by atoms with E-state index in [4.69, 9.17) is 11.5 Å². The van der Waals surface area contributed by atoms with Crippen LogP contribution in [0.25, 0.3) is 0 Å². The van der Waals surface area contributed by atoms with Gasteiger partial charge in [-0.05, 0) is 18.8 Å². The number of rotatable bonds is 5. The maximum Gasteiger partial charge on any atom is 0.237 e. The lowest BCUT2D eigenvalue weighted by Crippen LogP contribution is -2.47. The maximum atomic E-state index is 12.6. The lowest BCUT2D eigenvalue weighted by atomic mass is 9.93. The Morgan fingerprint density at radius 2 is 1.84 bits per heavy atom. The Labute approximate surface area is 115 Å². The van der Waals surface area contributed by atoms with E-state index in [0.717, 1.165) is 32.1 Å². The molecule has 1 saturated carbocycles. The van der Waals surface area contributed by atoms with Crippen LogP contribution < -0.4 is 11.5 Å². The summed E-state index contributed by atoms with van der Waals surface area (Å²) in [6, 6.07) is -0.0856. The first kappa shape index (κ1) is 16.0. The average molecular weight is 269 g/mol. The predicted octanol–water partition coefficient (Wildman–Crippen LogP) is 0.864. The molecule has 0 saturated heterocycles. The number of primary amides is 1. The first-order chi connectivity index (χ1) is 8.91. The summed E-state index contributed by atoms with van der Waals surface area (Å²) >= 11 is 0. The molecule has 1 fully saturated rings. The molecule has 5 heteroatoms. The van der Waals surface area contributed by atoms with Gasteiger partial charge in [0.05, 0.1) is 12.5 Å². The predicted molar refractivity (Wildman–Crippen MR) is 75.2 cm³/mol. The number of carbonyl (C=O) groups excluding carboxylic acids is 2. The summed E-state index contributed by atoms with van der Waals surface area (Å²) < 4.78 is 0. The van der Waals surface area contributed by atoms with Gasteiger partial charge < -0.3 is 16.4 Å². The fourth-order valence-electron chi connectivity index (χ4n) is 2.74. The van der Waals surface area contributed by atoms with E-state index < -0.39 is 5.91 Å². The van der Waals surface area contributed by atoms with Crippen molar-refractivity contribution in [1.82, 2.24) is 4.90 Å². The highest BCUT2D eigenvalue weighted by atomic mass is 16.2. The minimum Gasteiger partial charge on any atom is -0.368 e. The van der Waals surface area contributed by atoms with Crippen LogP contribution in [0.4, 0.5) is 0 Å². The summed E-state index contributed by atoms with van der Waals surface area (Å²) in [6.45, 7) is 4.60. The van der Waals surface area contributed by atoms with Crippen LogP contribution in [-0.4, -0.2) is 35.8 Å². The van der Waals surface area contributed by atoms with Gasteiger partial charge in [-0.25, -0.2) is 0 Å². The molecule has 1 aliphatic rings. The molecule has 4 N–H and O–H groups in total. The fourth-order valence-corrected chi connectivity index (χ4v) is 2.74. The van der Waals surface area contributed by atoms with Gasteiger partial charge >= 0.3 is 0 Å². The first-order valence-corrected chi connectivity index (χ1v) is 7.24. The van der Waals surface area contributed by atoms with E-state index in [9.17, 15) is 9.59 Å². The quantitative estimate of drug-likeness (QED) is 0.725. The molecule has 2 unspecified atom stereocenters. The Balaban J connectivity index is 2.74. The maximum absolute atomic E-state index is 12.6. The normalized spacial score (nSPS) is 24.0. The fraction of sp³-hybridized carbons (Fsp3) is 0.857. The molecular weight excluding hydrogens is 242 g/mol. The standard InChI is InChI=1S/C14H27N3O2/c1-10(2)8-17(9-13(16)18)14(19)11-6-4-3-5-7-12(11)15/h10-12H,3-9,15H2,1-2H3,(H2,16,18). The lowest BCUT2D eigenvalue weighted by Gasteiger charge is -2.29. The van der Waals surface area contributed by atoms with Crippen LogP contribution in [0.3, 0.4) is 0 Å². The zero-order chi connectivity index (χ0) is 14.4. The summed E-state index contributed by atoms with van der Waals surface area (Å²) in [6.07, 6.45) is 4.98. The molecule has 19 heavy (non-hydrogen) atoms. The summed E-state index contributed by atoms with van der Waals surface area (Å²) in [5.41, 5.74) is 11.4. The third-order valence-corrected chi connectivity index (χ3v) is 3.63. The zero-order valence-corrected chi connectivity index (χ0v) is 12.1. The smallest absolute Gasteiger partial charge is 0.237 e. The number of carbonyl (C=O) groups is 2. The molecule has 1 rings (SSSR count). The summed E-state index contributed by atoms with van der Waals surface area (Å²) in [4.78, 5) is 25.3. The summed E-state index contributed by atoms with van der Waals surface area (Å²) in [7, 11) is 0. The highest BCUT2D eigenvalue weighted by Gasteiger charge is 2.31. The number of amides is 2. The van der Waals surface area contributed by atoms with Crippen molar-refractivity contribution >= 4 is 11.8 Å². The van der Waals surface area contributed by atoms with Crippen molar-refractivity contribution in [2.75, 3.05) is 13.1 Å². The van der Waals surface area contributed by atoms with E-state index in [1.165, 1.54) is 0 Å².